The lowest BCUT2D eigenvalue weighted by Crippen LogP contribution is -2.41. The monoisotopic (exact) mass is 244 g/mol. The van der Waals surface area contributed by atoms with Gasteiger partial charge in [0.15, 0.2) is 0 Å². The highest BCUT2D eigenvalue weighted by molar-refractivity contribution is 5.92. The molecule has 2 amide bonds. The highest BCUT2D eigenvalue weighted by Gasteiger charge is 2.65. The molecule has 3 atom stereocenters. The molecule has 1 rings (SSSR count). The van der Waals surface area contributed by atoms with Crippen molar-refractivity contribution in [3.05, 3.63) is 0 Å². The van der Waals surface area contributed by atoms with Gasteiger partial charge in [-0.3, -0.25) is 14.4 Å². The summed E-state index contributed by atoms with van der Waals surface area (Å²) in [5, 5.41) is 20.3. The number of carbonyl (C=O) groups is 3. The Morgan fingerprint density at radius 2 is 1.88 bits per heavy atom. The summed E-state index contributed by atoms with van der Waals surface area (Å²) < 4.78 is 0. The van der Waals surface area contributed by atoms with Gasteiger partial charge in [-0.1, -0.05) is 13.8 Å². The highest BCUT2D eigenvalue weighted by Crippen LogP contribution is 2.58. The van der Waals surface area contributed by atoms with E-state index in [-0.39, 0.29) is 6.54 Å². The number of nitrogens with one attached hydrogen (secondary N) is 1. The van der Waals surface area contributed by atoms with Crippen molar-refractivity contribution in [3.8, 4) is 0 Å². The molecular formula is C10H16N2O5. The molecule has 0 aromatic carbocycles. The maximum atomic E-state index is 11.6. The highest BCUT2D eigenvalue weighted by atomic mass is 16.4. The molecule has 3 unspecified atom stereocenters. The normalized spacial score (nSPS) is 27.0. The third kappa shape index (κ3) is 2.55. The number of carboxylic acid groups (broad SMARTS) is 1. The summed E-state index contributed by atoms with van der Waals surface area (Å²) >= 11 is 0. The molecule has 5 N–H and O–H groups in total. The van der Waals surface area contributed by atoms with Crippen LogP contribution in [0.5, 0.6) is 0 Å². The number of hydrogen-bond donors (Lipinski definition) is 4. The standard InChI is InChI=1S/C10H16N2O5/c1-10(2)5(6(10)9(16)17)8(15)12-3-4(13)7(11)14/h4-6,13H,3H2,1-2H3,(H2,11,14)(H,12,15)(H,16,17). The average molecular weight is 244 g/mol. The summed E-state index contributed by atoms with van der Waals surface area (Å²) in [6.07, 6.45) is -1.45. The van der Waals surface area contributed by atoms with Crippen molar-refractivity contribution in [1.82, 2.24) is 5.32 Å². The lowest BCUT2D eigenvalue weighted by Gasteiger charge is -2.08. The van der Waals surface area contributed by atoms with Gasteiger partial charge in [0, 0.05) is 0 Å². The van der Waals surface area contributed by atoms with Crippen molar-refractivity contribution < 1.29 is 24.6 Å². The van der Waals surface area contributed by atoms with E-state index in [1.165, 1.54) is 0 Å². The van der Waals surface area contributed by atoms with Gasteiger partial charge in [0.1, 0.15) is 6.10 Å². The maximum Gasteiger partial charge on any atom is 0.307 e. The second-order valence-electron chi connectivity index (χ2n) is 4.78. The molecule has 0 spiro atoms. The van der Waals surface area contributed by atoms with Gasteiger partial charge >= 0.3 is 5.97 Å². The van der Waals surface area contributed by atoms with Crippen LogP contribution in [0.4, 0.5) is 0 Å². The van der Waals surface area contributed by atoms with Crippen molar-refractivity contribution in [2.24, 2.45) is 23.0 Å². The zero-order valence-corrected chi connectivity index (χ0v) is 9.64. The number of nitrogens with two attached hydrogens (primary N) is 1. The van der Waals surface area contributed by atoms with E-state index in [0.717, 1.165) is 0 Å². The number of rotatable bonds is 5. The Morgan fingerprint density at radius 1 is 1.35 bits per heavy atom. The smallest absolute Gasteiger partial charge is 0.307 e. The molecule has 0 heterocycles. The number of aliphatic hydroxyl groups excluding tert-OH is 1. The van der Waals surface area contributed by atoms with E-state index in [1.54, 1.807) is 13.8 Å². The molecule has 96 valence electrons. The van der Waals surface area contributed by atoms with Crippen LogP contribution >= 0.6 is 0 Å². The molecule has 7 heteroatoms. The molecule has 17 heavy (non-hydrogen) atoms. The summed E-state index contributed by atoms with van der Waals surface area (Å²) in [5.74, 6) is -3.81. The summed E-state index contributed by atoms with van der Waals surface area (Å²) in [4.78, 5) is 33.0. The molecule has 0 aromatic heterocycles. The van der Waals surface area contributed by atoms with Crippen molar-refractivity contribution in [2.45, 2.75) is 20.0 Å². The van der Waals surface area contributed by atoms with Gasteiger partial charge in [0.05, 0.1) is 18.4 Å². The van der Waals surface area contributed by atoms with Crippen LogP contribution in [0.1, 0.15) is 13.8 Å². The first-order valence-corrected chi connectivity index (χ1v) is 5.17. The van der Waals surface area contributed by atoms with Crippen LogP contribution in [-0.2, 0) is 14.4 Å². The van der Waals surface area contributed by atoms with Crippen LogP contribution in [0.2, 0.25) is 0 Å². The zero-order chi connectivity index (χ0) is 13.4. The Kier molecular flexibility index (Phi) is 3.42. The van der Waals surface area contributed by atoms with E-state index in [9.17, 15) is 14.4 Å². The molecule has 1 aliphatic carbocycles. The topological polar surface area (TPSA) is 130 Å². The first-order chi connectivity index (χ1) is 7.69. The number of amides is 2. The number of aliphatic carboxylic acids is 1. The summed E-state index contributed by atoms with van der Waals surface area (Å²) in [6, 6.07) is 0. The molecule has 0 aliphatic heterocycles. The third-order valence-corrected chi connectivity index (χ3v) is 3.17. The van der Waals surface area contributed by atoms with Crippen molar-refractivity contribution in [3.63, 3.8) is 0 Å². The first-order valence-electron chi connectivity index (χ1n) is 5.17. The number of hydrogen-bond acceptors (Lipinski definition) is 4. The Labute approximate surface area is 98.0 Å². The predicted molar refractivity (Wildman–Crippen MR) is 56.6 cm³/mol. The van der Waals surface area contributed by atoms with Gasteiger partial charge in [-0.05, 0) is 5.41 Å². The number of carboxylic acids is 1. The van der Waals surface area contributed by atoms with Gasteiger partial charge in [-0.25, -0.2) is 0 Å². The Balaban J connectivity index is 2.51. The van der Waals surface area contributed by atoms with Crippen LogP contribution < -0.4 is 11.1 Å². The third-order valence-electron chi connectivity index (χ3n) is 3.17. The minimum Gasteiger partial charge on any atom is -0.481 e. The lowest BCUT2D eigenvalue weighted by molar-refractivity contribution is -0.140. The van der Waals surface area contributed by atoms with Crippen LogP contribution in [-0.4, -0.2) is 40.6 Å². The zero-order valence-electron chi connectivity index (χ0n) is 9.64. The Hall–Kier alpha value is -1.63. The average Bonchev–Trinajstić information content (AvgIpc) is 2.77. The van der Waals surface area contributed by atoms with Crippen molar-refractivity contribution >= 4 is 17.8 Å². The summed E-state index contributed by atoms with van der Waals surface area (Å²) in [6.45, 7) is 3.06. The molecule has 1 aliphatic rings. The van der Waals surface area contributed by atoms with E-state index in [2.05, 4.69) is 5.32 Å². The lowest BCUT2D eigenvalue weighted by atomic mass is 10.1. The fourth-order valence-corrected chi connectivity index (χ4v) is 2.00. The van der Waals surface area contributed by atoms with Gasteiger partial charge < -0.3 is 21.3 Å². The number of primary amides is 1. The molecule has 1 fully saturated rings. The second kappa shape index (κ2) is 4.33. The van der Waals surface area contributed by atoms with E-state index < -0.39 is 41.1 Å². The predicted octanol–water partition coefficient (Wildman–Crippen LogP) is -1.69. The van der Waals surface area contributed by atoms with E-state index >= 15 is 0 Å². The number of carbonyl (C=O) groups excluding carboxylic acids is 2. The van der Waals surface area contributed by atoms with Crippen molar-refractivity contribution in [1.29, 1.82) is 0 Å². The van der Waals surface area contributed by atoms with Gasteiger partial charge in [0.25, 0.3) is 0 Å². The molecule has 7 nitrogen and oxygen atoms in total. The fraction of sp³-hybridized carbons (Fsp3) is 0.700. The SMILES string of the molecule is CC1(C)C(C(=O)O)C1C(=O)NCC(O)C(N)=O. The van der Waals surface area contributed by atoms with E-state index in [0.29, 0.717) is 0 Å². The Morgan fingerprint density at radius 3 is 2.24 bits per heavy atom. The minimum atomic E-state index is -1.45. The van der Waals surface area contributed by atoms with Crippen LogP contribution in [0.25, 0.3) is 0 Å². The van der Waals surface area contributed by atoms with Gasteiger partial charge in [0.2, 0.25) is 11.8 Å². The second-order valence-corrected chi connectivity index (χ2v) is 4.78. The van der Waals surface area contributed by atoms with Crippen LogP contribution in [0.15, 0.2) is 0 Å². The molecule has 0 saturated heterocycles. The van der Waals surface area contributed by atoms with Gasteiger partial charge in [-0.15, -0.1) is 0 Å². The van der Waals surface area contributed by atoms with Crippen molar-refractivity contribution in [2.75, 3.05) is 6.54 Å². The molecule has 0 radical (unpaired) electrons. The molecular weight excluding hydrogens is 228 g/mol. The minimum absolute atomic E-state index is 0.299. The van der Waals surface area contributed by atoms with Crippen LogP contribution in [0, 0.1) is 17.3 Å². The Bertz CT molecular complexity index is 366. The first kappa shape index (κ1) is 13.4. The van der Waals surface area contributed by atoms with E-state index in [1.807, 2.05) is 0 Å². The van der Waals surface area contributed by atoms with Gasteiger partial charge in [-0.2, -0.15) is 0 Å². The quantitative estimate of drug-likeness (QED) is 0.458. The molecule has 1 saturated carbocycles. The maximum absolute atomic E-state index is 11.6. The van der Waals surface area contributed by atoms with Crippen LogP contribution in [0.3, 0.4) is 0 Å². The molecule has 0 aromatic rings. The summed E-state index contributed by atoms with van der Waals surface area (Å²) in [7, 11) is 0. The fourth-order valence-electron chi connectivity index (χ4n) is 2.00. The molecule has 0 bridgehead atoms. The largest absolute Gasteiger partial charge is 0.481 e. The number of aliphatic hydroxyl groups is 1. The van der Waals surface area contributed by atoms with E-state index in [4.69, 9.17) is 15.9 Å². The summed E-state index contributed by atoms with van der Waals surface area (Å²) in [5.41, 5.74) is 4.20.